The second-order valence-electron chi connectivity index (χ2n) is 24.6. The molecule has 11 heteroatoms. The number of hydrogen-bond acceptors (Lipinski definition) is 10. The molecule has 0 aromatic rings. The van der Waals surface area contributed by atoms with E-state index in [4.69, 9.17) is 14.2 Å². The number of aliphatic hydroxyl groups is 5. The third kappa shape index (κ3) is 51.7. The quantitative estimate of drug-likeness (QED) is 0.0195. The monoisotopic (exact) mass is 1210 g/mol. The molecule has 1 aliphatic rings. The molecule has 1 heterocycles. The van der Waals surface area contributed by atoms with Crippen LogP contribution in [0.5, 0.6) is 0 Å². The molecule has 6 N–H and O–H groups in total. The Hall–Kier alpha value is -3.16. The second kappa shape index (κ2) is 63.4. The van der Waals surface area contributed by atoms with Crippen LogP contribution in [0.2, 0.25) is 0 Å². The number of esters is 1. The van der Waals surface area contributed by atoms with Crippen LogP contribution in [0, 0.1) is 0 Å². The molecule has 498 valence electrons. The van der Waals surface area contributed by atoms with Gasteiger partial charge in [-0.15, -0.1) is 0 Å². The highest BCUT2D eigenvalue weighted by atomic mass is 16.7. The van der Waals surface area contributed by atoms with Gasteiger partial charge in [0, 0.05) is 12.8 Å². The predicted octanol–water partition coefficient (Wildman–Crippen LogP) is 18.5. The van der Waals surface area contributed by atoms with Crippen LogP contribution in [-0.4, -0.2) is 100 Å². The molecule has 0 aliphatic carbocycles. The van der Waals surface area contributed by atoms with Gasteiger partial charge < -0.3 is 45.1 Å². The minimum Gasteiger partial charge on any atom is -0.466 e. The third-order valence-electron chi connectivity index (χ3n) is 16.4. The molecule has 0 spiro atoms. The lowest BCUT2D eigenvalue weighted by Crippen LogP contribution is -2.60. The molecule has 0 aromatic heterocycles. The Morgan fingerprint density at radius 1 is 0.430 bits per heavy atom. The first-order valence-corrected chi connectivity index (χ1v) is 35.9. The third-order valence-corrected chi connectivity index (χ3v) is 16.4. The number of aliphatic hydroxyl groups excluding tert-OH is 5. The Bertz CT molecular complexity index is 1710. The average Bonchev–Trinajstić information content (AvgIpc) is 3.67. The van der Waals surface area contributed by atoms with Crippen molar-refractivity contribution in [3.63, 3.8) is 0 Å². The van der Waals surface area contributed by atoms with Gasteiger partial charge in [0.1, 0.15) is 24.4 Å². The smallest absolute Gasteiger partial charge is 0.305 e. The lowest BCUT2D eigenvalue weighted by Gasteiger charge is -2.40. The van der Waals surface area contributed by atoms with Crippen LogP contribution in [0.3, 0.4) is 0 Å². The molecule has 0 radical (unpaired) electrons. The van der Waals surface area contributed by atoms with Crippen molar-refractivity contribution in [2.45, 2.75) is 358 Å². The Labute approximate surface area is 527 Å². The summed E-state index contributed by atoms with van der Waals surface area (Å²) in [5.74, 6) is -0.205. The normalized spacial score (nSPS) is 18.4. The van der Waals surface area contributed by atoms with Gasteiger partial charge in [-0.3, -0.25) is 9.59 Å². The van der Waals surface area contributed by atoms with E-state index in [1.807, 2.05) is 6.08 Å². The zero-order valence-corrected chi connectivity index (χ0v) is 55.3. The lowest BCUT2D eigenvalue weighted by molar-refractivity contribution is -0.302. The lowest BCUT2D eigenvalue weighted by atomic mass is 9.99. The van der Waals surface area contributed by atoms with Crippen molar-refractivity contribution >= 4 is 11.9 Å². The van der Waals surface area contributed by atoms with Crippen molar-refractivity contribution < 1.29 is 49.3 Å². The minimum atomic E-state index is -1.58. The molecule has 0 aromatic carbocycles. The van der Waals surface area contributed by atoms with Gasteiger partial charge in [0.15, 0.2) is 6.29 Å². The largest absolute Gasteiger partial charge is 0.466 e. The summed E-state index contributed by atoms with van der Waals surface area (Å²) in [7, 11) is 0. The maximum Gasteiger partial charge on any atom is 0.305 e. The van der Waals surface area contributed by atoms with Gasteiger partial charge >= 0.3 is 5.97 Å². The summed E-state index contributed by atoms with van der Waals surface area (Å²) < 4.78 is 16.7. The Morgan fingerprint density at radius 2 is 0.814 bits per heavy atom. The average molecular weight is 1210 g/mol. The number of unbranched alkanes of at least 4 members (excludes halogenated alkanes) is 36. The summed E-state index contributed by atoms with van der Waals surface area (Å²) in [6.07, 6.45) is 77.3. The molecule has 0 bridgehead atoms. The molecule has 7 unspecified atom stereocenters. The van der Waals surface area contributed by atoms with Crippen molar-refractivity contribution in [3.8, 4) is 0 Å². The number of carbonyl (C=O) groups is 2. The fourth-order valence-electron chi connectivity index (χ4n) is 10.8. The Balaban J connectivity index is 1.96. The molecule has 0 saturated carbocycles. The second-order valence-corrected chi connectivity index (χ2v) is 24.6. The van der Waals surface area contributed by atoms with Crippen molar-refractivity contribution in [2.24, 2.45) is 0 Å². The summed E-state index contributed by atoms with van der Waals surface area (Å²) in [5, 5.41) is 54.4. The van der Waals surface area contributed by atoms with Gasteiger partial charge in [-0.2, -0.15) is 0 Å². The van der Waals surface area contributed by atoms with Gasteiger partial charge in [0.2, 0.25) is 5.91 Å². The van der Waals surface area contributed by atoms with Gasteiger partial charge in [-0.1, -0.05) is 279 Å². The van der Waals surface area contributed by atoms with Gasteiger partial charge in [0.05, 0.1) is 32.0 Å². The van der Waals surface area contributed by atoms with Crippen LogP contribution in [0.15, 0.2) is 85.1 Å². The van der Waals surface area contributed by atoms with E-state index in [1.54, 1.807) is 6.08 Å². The fourth-order valence-corrected chi connectivity index (χ4v) is 10.8. The van der Waals surface area contributed by atoms with E-state index in [9.17, 15) is 35.1 Å². The minimum absolute atomic E-state index is 0.00958. The molecule has 1 aliphatic heterocycles. The highest BCUT2D eigenvalue weighted by Gasteiger charge is 2.44. The highest BCUT2D eigenvalue weighted by Crippen LogP contribution is 2.23. The summed E-state index contributed by atoms with van der Waals surface area (Å²) in [4.78, 5) is 25.1. The molecule has 7 atom stereocenters. The standard InChI is InChI=1S/C75H133NO10/c1-3-5-7-9-11-13-15-38-43-47-51-55-59-63-71(80)84-64-60-56-52-48-44-40-37-35-33-31-29-27-25-23-21-19-17-18-20-22-24-26-28-30-32-34-36-39-42-46-50-54-58-62-70(79)76-67(66-85-75-74(83)73(82)72(81)69(65-77)86-75)68(78)61-57-53-49-45-41-16-14-12-10-8-6-4-2/h7,9-10,12-13,15,21,23,27,29,41,45,57,61,67-69,72-75,77-78,81-83H,3-6,8,11,14,16-20,22,24-26,28,30-40,42-44,46-56,58-60,62-66H2,1-2H3,(H,76,79)/b9-7-,12-10+,15-13-,23-21-,29-27-,45-41+,61-57+. The van der Waals surface area contributed by atoms with Gasteiger partial charge in [-0.25, -0.2) is 0 Å². The van der Waals surface area contributed by atoms with Crippen LogP contribution in [-0.2, 0) is 23.8 Å². The van der Waals surface area contributed by atoms with E-state index in [-0.39, 0.29) is 18.5 Å². The van der Waals surface area contributed by atoms with Gasteiger partial charge in [0.25, 0.3) is 0 Å². The van der Waals surface area contributed by atoms with E-state index in [0.717, 1.165) is 83.5 Å². The topological polar surface area (TPSA) is 175 Å². The van der Waals surface area contributed by atoms with Crippen molar-refractivity contribution in [1.29, 1.82) is 0 Å². The molecule has 1 saturated heterocycles. The molecule has 1 rings (SSSR count). The number of hydrogen-bond donors (Lipinski definition) is 6. The molecule has 11 nitrogen and oxygen atoms in total. The van der Waals surface area contributed by atoms with Crippen LogP contribution in [0.25, 0.3) is 0 Å². The van der Waals surface area contributed by atoms with Crippen LogP contribution < -0.4 is 5.32 Å². The van der Waals surface area contributed by atoms with Gasteiger partial charge in [-0.05, 0) is 109 Å². The maximum atomic E-state index is 13.0. The zero-order valence-electron chi connectivity index (χ0n) is 55.3. The van der Waals surface area contributed by atoms with E-state index in [1.165, 1.54) is 205 Å². The van der Waals surface area contributed by atoms with E-state index in [2.05, 4.69) is 92.1 Å². The first-order chi connectivity index (χ1) is 42.2. The fraction of sp³-hybridized carbons (Fsp3) is 0.787. The summed E-state index contributed by atoms with van der Waals surface area (Å²) in [5.41, 5.74) is 0. The molecule has 86 heavy (non-hydrogen) atoms. The summed E-state index contributed by atoms with van der Waals surface area (Å²) >= 11 is 0. The number of amides is 1. The summed E-state index contributed by atoms with van der Waals surface area (Å²) in [6.45, 7) is 4.22. The van der Waals surface area contributed by atoms with E-state index < -0.39 is 49.5 Å². The van der Waals surface area contributed by atoms with Crippen LogP contribution in [0.4, 0.5) is 0 Å². The zero-order chi connectivity index (χ0) is 62.3. The first kappa shape index (κ1) is 80.9. The number of allylic oxidation sites excluding steroid dienone is 13. The molecule has 1 amide bonds. The number of ether oxygens (including phenoxy) is 3. The van der Waals surface area contributed by atoms with E-state index >= 15 is 0 Å². The Kier molecular flexibility index (Phi) is 59.6. The SMILES string of the molecule is CCC/C=C\C/C=C\CCCCCCCC(=O)OCCCCCCCCCCC/C=C\C/C=C\CCCCCCCCCCCCCCCCCCCC(=O)NC(COC1OC(CO)C(O)C(O)C1O)C(O)/C=C/CC/C=C/CC/C=C/CCCC. The predicted molar refractivity (Wildman–Crippen MR) is 361 cm³/mol. The summed E-state index contributed by atoms with van der Waals surface area (Å²) in [6, 6.07) is -0.835. The van der Waals surface area contributed by atoms with Crippen molar-refractivity contribution in [3.05, 3.63) is 85.1 Å². The molecular formula is C75H133NO10. The molecule has 1 fully saturated rings. The van der Waals surface area contributed by atoms with Crippen molar-refractivity contribution in [2.75, 3.05) is 19.8 Å². The highest BCUT2D eigenvalue weighted by molar-refractivity contribution is 5.76. The number of nitrogens with one attached hydrogen (secondary N) is 1. The Morgan fingerprint density at radius 3 is 1.27 bits per heavy atom. The van der Waals surface area contributed by atoms with Crippen LogP contribution in [0.1, 0.15) is 316 Å². The van der Waals surface area contributed by atoms with Crippen molar-refractivity contribution in [1.82, 2.24) is 5.32 Å². The number of rotatable bonds is 62. The van der Waals surface area contributed by atoms with Crippen LogP contribution >= 0.6 is 0 Å². The van der Waals surface area contributed by atoms with E-state index in [0.29, 0.717) is 19.4 Å². The first-order valence-electron chi connectivity index (χ1n) is 35.9. The maximum absolute atomic E-state index is 13.0. The number of carbonyl (C=O) groups excluding carboxylic acids is 2. The molecular weight excluding hydrogens is 1070 g/mol.